The molecule has 1 fully saturated rings. The second kappa shape index (κ2) is 5.86. The van der Waals surface area contributed by atoms with E-state index in [1.165, 1.54) is 0 Å². The van der Waals surface area contributed by atoms with Gasteiger partial charge in [-0.1, -0.05) is 0 Å². The molecule has 2 amide bonds. The number of aromatic nitrogens is 2. The number of hydrogen-bond acceptors (Lipinski definition) is 3. The highest BCUT2D eigenvalue weighted by Crippen LogP contribution is 2.19. The third-order valence-corrected chi connectivity index (χ3v) is 2.96. The van der Waals surface area contributed by atoms with Crippen LogP contribution >= 0.6 is 0 Å². The average molecular weight is 251 g/mol. The van der Waals surface area contributed by atoms with Gasteiger partial charge in [-0.3, -0.25) is 4.68 Å². The van der Waals surface area contributed by atoms with Gasteiger partial charge in [0.2, 0.25) is 0 Å². The van der Waals surface area contributed by atoms with Crippen LogP contribution in [-0.4, -0.2) is 34.9 Å². The zero-order valence-electron chi connectivity index (χ0n) is 10.9. The maximum atomic E-state index is 11.5. The van der Waals surface area contributed by atoms with Crippen molar-refractivity contribution >= 4 is 11.7 Å². The summed E-state index contributed by atoms with van der Waals surface area (Å²) in [4.78, 5) is 11.5. The lowest BCUT2D eigenvalue weighted by Crippen LogP contribution is -2.34. The fraction of sp³-hybridized carbons (Fsp3) is 0.667. The molecule has 1 aromatic rings. The summed E-state index contributed by atoms with van der Waals surface area (Å²) in [5, 5.41) is 13.2. The lowest BCUT2D eigenvalue weighted by molar-refractivity contribution is 0.250. The number of rotatable bonds is 3. The topological polar surface area (TPSA) is 71.0 Å². The third kappa shape index (κ3) is 3.46. The normalized spacial score (nSPS) is 16.8. The van der Waals surface area contributed by atoms with E-state index >= 15 is 0 Å². The highest BCUT2D eigenvalue weighted by Gasteiger charge is 2.16. The Morgan fingerprint density at radius 2 is 2.22 bits per heavy atom. The van der Waals surface area contributed by atoms with Gasteiger partial charge in [0.05, 0.1) is 17.9 Å². The largest absolute Gasteiger partial charge is 0.336 e. The molecule has 0 saturated carbocycles. The first-order valence-corrected chi connectivity index (χ1v) is 6.47. The molecule has 100 valence electrons. The minimum atomic E-state index is -0.185. The van der Waals surface area contributed by atoms with Crippen molar-refractivity contribution in [3.8, 4) is 0 Å². The van der Waals surface area contributed by atoms with Crippen LogP contribution in [0.1, 0.15) is 32.7 Å². The zero-order valence-corrected chi connectivity index (χ0v) is 10.9. The van der Waals surface area contributed by atoms with E-state index in [0.29, 0.717) is 6.04 Å². The van der Waals surface area contributed by atoms with Gasteiger partial charge in [-0.25, -0.2) is 4.79 Å². The highest BCUT2D eigenvalue weighted by molar-refractivity contribution is 5.89. The molecule has 0 atom stereocenters. The maximum absolute atomic E-state index is 11.5. The zero-order chi connectivity index (χ0) is 13.0. The molecular formula is C12H21N5O. The molecule has 1 aliphatic rings. The van der Waals surface area contributed by atoms with Crippen LogP contribution in [0.3, 0.4) is 0 Å². The Bertz CT molecular complexity index is 395. The molecule has 2 heterocycles. The molecule has 2 rings (SSSR count). The third-order valence-electron chi connectivity index (χ3n) is 2.96. The summed E-state index contributed by atoms with van der Waals surface area (Å²) in [5.74, 6) is 0. The summed E-state index contributed by atoms with van der Waals surface area (Å²) in [7, 11) is 0. The Balaban J connectivity index is 1.91. The van der Waals surface area contributed by atoms with Crippen molar-refractivity contribution in [2.45, 2.75) is 38.8 Å². The Morgan fingerprint density at radius 1 is 1.50 bits per heavy atom. The summed E-state index contributed by atoms with van der Waals surface area (Å²) in [6.45, 7) is 5.91. The predicted octanol–water partition coefficient (Wildman–Crippen LogP) is 1.34. The summed E-state index contributed by atoms with van der Waals surface area (Å²) in [5.41, 5.74) is 0.742. The van der Waals surface area contributed by atoms with Crippen LogP contribution in [0.2, 0.25) is 0 Å². The van der Waals surface area contributed by atoms with Gasteiger partial charge in [-0.2, -0.15) is 5.10 Å². The number of nitrogens with one attached hydrogen (secondary N) is 3. The molecule has 6 nitrogen and oxygen atoms in total. The quantitative estimate of drug-likeness (QED) is 0.759. The van der Waals surface area contributed by atoms with Gasteiger partial charge in [0.25, 0.3) is 0 Å². The minimum Gasteiger partial charge on any atom is -0.336 e. The van der Waals surface area contributed by atoms with Gasteiger partial charge in [0.1, 0.15) is 0 Å². The number of carbonyl (C=O) groups is 1. The Hall–Kier alpha value is -1.56. The SMILES string of the molecule is CC(C)NC(=O)Nc1cnn(C2CCNCC2)c1. The molecule has 1 aliphatic heterocycles. The van der Waals surface area contributed by atoms with Gasteiger partial charge in [-0.05, 0) is 39.8 Å². The number of anilines is 1. The lowest BCUT2D eigenvalue weighted by atomic mass is 10.1. The number of urea groups is 1. The van der Waals surface area contributed by atoms with E-state index < -0.39 is 0 Å². The Labute approximate surface area is 107 Å². The highest BCUT2D eigenvalue weighted by atomic mass is 16.2. The maximum Gasteiger partial charge on any atom is 0.319 e. The average Bonchev–Trinajstić information content (AvgIpc) is 2.77. The van der Waals surface area contributed by atoms with Crippen LogP contribution in [0.4, 0.5) is 10.5 Å². The number of hydrogen-bond donors (Lipinski definition) is 3. The number of amides is 2. The molecule has 6 heteroatoms. The fourth-order valence-electron chi connectivity index (χ4n) is 2.10. The monoisotopic (exact) mass is 251 g/mol. The molecule has 3 N–H and O–H groups in total. The summed E-state index contributed by atoms with van der Waals surface area (Å²) in [6.07, 6.45) is 5.76. The summed E-state index contributed by atoms with van der Waals surface area (Å²) < 4.78 is 1.95. The second-order valence-corrected chi connectivity index (χ2v) is 4.94. The smallest absolute Gasteiger partial charge is 0.319 e. The van der Waals surface area contributed by atoms with Crippen LogP contribution in [0.25, 0.3) is 0 Å². The van der Waals surface area contributed by atoms with Crippen LogP contribution in [0, 0.1) is 0 Å². The molecule has 18 heavy (non-hydrogen) atoms. The van der Waals surface area contributed by atoms with E-state index in [-0.39, 0.29) is 12.1 Å². The molecule has 0 spiro atoms. The van der Waals surface area contributed by atoms with E-state index in [0.717, 1.165) is 31.6 Å². The van der Waals surface area contributed by atoms with Crippen molar-refractivity contribution in [1.29, 1.82) is 0 Å². The fourth-order valence-corrected chi connectivity index (χ4v) is 2.10. The van der Waals surface area contributed by atoms with Crippen molar-refractivity contribution in [1.82, 2.24) is 20.4 Å². The van der Waals surface area contributed by atoms with E-state index in [1.807, 2.05) is 24.7 Å². The van der Waals surface area contributed by atoms with Crippen LogP contribution in [0.5, 0.6) is 0 Å². The number of carbonyl (C=O) groups excluding carboxylic acids is 1. The van der Waals surface area contributed by atoms with E-state index in [9.17, 15) is 4.79 Å². The predicted molar refractivity (Wildman–Crippen MR) is 70.7 cm³/mol. The molecular weight excluding hydrogens is 230 g/mol. The minimum absolute atomic E-state index is 0.129. The summed E-state index contributed by atoms with van der Waals surface area (Å²) >= 11 is 0. The number of piperidine rings is 1. The Kier molecular flexibility index (Phi) is 4.19. The van der Waals surface area contributed by atoms with E-state index in [1.54, 1.807) is 6.20 Å². The van der Waals surface area contributed by atoms with Gasteiger partial charge < -0.3 is 16.0 Å². The summed E-state index contributed by atoms with van der Waals surface area (Å²) in [6, 6.07) is 0.384. The first kappa shape index (κ1) is 12.9. The standard InChI is InChI=1S/C12H21N5O/c1-9(2)15-12(18)16-10-7-14-17(8-10)11-3-5-13-6-4-11/h7-9,11,13H,3-6H2,1-2H3,(H2,15,16,18). The van der Waals surface area contributed by atoms with Gasteiger partial charge in [0.15, 0.2) is 0 Å². The van der Waals surface area contributed by atoms with Crippen molar-refractivity contribution < 1.29 is 4.79 Å². The van der Waals surface area contributed by atoms with Gasteiger partial charge >= 0.3 is 6.03 Å². The molecule has 0 aromatic carbocycles. The lowest BCUT2D eigenvalue weighted by Gasteiger charge is -2.22. The molecule has 0 aliphatic carbocycles. The van der Waals surface area contributed by atoms with Crippen molar-refractivity contribution in [2.24, 2.45) is 0 Å². The van der Waals surface area contributed by atoms with Gasteiger partial charge in [0, 0.05) is 12.2 Å². The molecule has 1 saturated heterocycles. The van der Waals surface area contributed by atoms with Crippen LogP contribution in [0.15, 0.2) is 12.4 Å². The first-order valence-electron chi connectivity index (χ1n) is 6.47. The van der Waals surface area contributed by atoms with Gasteiger partial charge in [-0.15, -0.1) is 0 Å². The van der Waals surface area contributed by atoms with Crippen molar-refractivity contribution in [3.63, 3.8) is 0 Å². The van der Waals surface area contributed by atoms with E-state index in [4.69, 9.17) is 0 Å². The first-order chi connectivity index (χ1) is 8.65. The van der Waals surface area contributed by atoms with E-state index in [2.05, 4.69) is 21.0 Å². The van der Waals surface area contributed by atoms with Crippen LogP contribution in [-0.2, 0) is 0 Å². The molecule has 0 bridgehead atoms. The molecule has 0 unspecified atom stereocenters. The van der Waals surface area contributed by atoms with Crippen LogP contribution < -0.4 is 16.0 Å². The molecule has 1 aromatic heterocycles. The molecule has 0 radical (unpaired) electrons. The number of nitrogens with zero attached hydrogens (tertiary/aromatic N) is 2. The van der Waals surface area contributed by atoms with Crippen molar-refractivity contribution in [2.75, 3.05) is 18.4 Å². The Morgan fingerprint density at radius 3 is 2.89 bits per heavy atom. The second-order valence-electron chi connectivity index (χ2n) is 4.94. The van der Waals surface area contributed by atoms with Crippen molar-refractivity contribution in [3.05, 3.63) is 12.4 Å².